The number of fused-ring (bicyclic) bond motifs is 15. The molecule has 1 spiro atoms. The van der Waals surface area contributed by atoms with E-state index in [1.165, 1.54) is 94.7 Å². The molecule has 0 fully saturated rings. The largest absolute Gasteiger partial charge is 0.310 e. The van der Waals surface area contributed by atoms with E-state index >= 15 is 0 Å². The van der Waals surface area contributed by atoms with Crippen molar-refractivity contribution in [3.63, 3.8) is 0 Å². The van der Waals surface area contributed by atoms with E-state index in [0.29, 0.717) is 0 Å². The third-order valence-corrected chi connectivity index (χ3v) is 13.5. The van der Waals surface area contributed by atoms with Gasteiger partial charge in [-0.3, -0.25) is 0 Å². The number of hydrogen-bond donors (Lipinski definition) is 0. The summed E-state index contributed by atoms with van der Waals surface area (Å²) in [4.78, 5) is 2.50. The lowest BCUT2D eigenvalue weighted by Crippen LogP contribution is -2.29. The van der Waals surface area contributed by atoms with Crippen LogP contribution in [0.4, 0.5) is 17.1 Å². The highest BCUT2D eigenvalue weighted by Crippen LogP contribution is 2.62. The van der Waals surface area contributed by atoms with Crippen LogP contribution in [-0.4, -0.2) is 0 Å². The molecule has 12 rings (SSSR count). The summed E-state index contributed by atoms with van der Waals surface area (Å²) >= 11 is 0. The fourth-order valence-electron chi connectivity index (χ4n) is 11.0. The quantitative estimate of drug-likeness (QED) is 0.173. The van der Waals surface area contributed by atoms with Gasteiger partial charge in [-0.1, -0.05) is 196 Å². The normalized spacial score (nSPS) is 14.2. The fraction of sp³-hybridized carbons (Fsp3) is 0.0690. The molecule has 0 aliphatic heterocycles. The summed E-state index contributed by atoms with van der Waals surface area (Å²) in [7, 11) is 0. The number of benzene rings is 9. The molecular weight excluding hydrogens is 711 g/mol. The molecular formula is C58H41N. The Morgan fingerprint density at radius 1 is 0.305 bits per heavy atom. The zero-order valence-corrected chi connectivity index (χ0v) is 33.2. The Balaban J connectivity index is 1.13. The van der Waals surface area contributed by atoms with Crippen molar-refractivity contribution in [1.82, 2.24) is 0 Å². The van der Waals surface area contributed by atoms with E-state index in [1.807, 2.05) is 0 Å². The van der Waals surface area contributed by atoms with Crippen molar-refractivity contribution < 1.29 is 0 Å². The third-order valence-electron chi connectivity index (χ3n) is 13.5. The van der Waals surface area contributed by atoms with Crippen LogP contribution in [0.1, 0.15) is 47.2 Å². The Hall–Kier alpha value is -7.22. The maximum Gasteiger partial charge on any atom is 0.0725 e. The second-order valence-electron chi connectivity index (χ2n) is 16.8. The van der Waals surface area contributed by atoms with Gasteiger partial charge in [0, 0.05) is 22.4 Å². The summed E-state index contributed by atoms with van der Waals surface area (Å²) in [5, 5.41) is 0. The molecule has 0 atom stereocenters. The van der Waals surface area contributed by atoms with Gasteiger partial charge in [-0.15, -0.1) is 0 Å². The first-order chi connectivity index (χ1) is 29.0. The van der Waals surface area contributed by atoms with E-state index in [4.69, 9.17) is 0 Å². The predicted molar refractivity (Wildman–Crippen MR) is 246 cm³/mol. The topological polar surface area (TPSA) is 3.24 Å². The second-order valence-corrected chi connectivity index (χ2v) is 16.8. The molecule has 3 aliphatic carbocycles. The van der Waals surface area contributed by atoms with Crippen molar-refractivity contribution in [2.75, 3.05) is 4.90 Å². The van der Waals surface area contributed by atoms with Crippen LogP contribution >= 0.6 is 0 Å². The second kappa shape index (κ2) is 12.6. The maximum atomic E-state index is 2.50. The van der Waals surface area contributed by atoms with Gasteiger partial charge in [0.15, 0.2) is 0 Å². The molecule has 0 saturated heterocycles. The molecule has 0 saturated carbocycles. The van der Waals surface area contributed by atoms with Crippen molar-refractivity contribution in [2.24, 2.45) is 0 Å². The third kappa shape index (κ3) is 4.67. The van der Waals surface area contributed by atoms with Gasteiger partial charge >= 0.3 is 0 Å². The fourth-order valence-corrected chi connectivity index (χ4v) is 11.0. The van der Waals surface area contributed by atoms with Crippen LogP contribution in [0.15, 0.2) is 212 Å². The lowest BCUT2D eigenvalue weighted by Gasteiger charge is -2.35. The van der Waals surface area contributed by atoms with E-state index in [-0.39, 0.29) is 5.41 Å². The lowest BCUT2D eigenvalue weighted by atomic mass is 9.66. The van der Waals surface area contributed by atoms with Gasteiger partial charge in [-0.25, -0.2) is 0 Å². The molecule has 1 heteroatoms. The van der Waals surface area contributed by atoms with Gasteiger partial charge in [0.2, 0.25) is 0 Å². The molecule has 0 aromatic heterocycles. The summed E-state index contributed by atoms with van der Waals surface area (Å²) in [6.07, 6.45) is 0. The maximum absolute atomic E-state index is 2.50. The molecule has 9 aromatic rings. The van der Waals surface area contributed by atoms with E-state index in [1.54, 1.807) is 0 Å². The Morgan fingerprint density at radius 2 is 0.746 bits per heavy atom. The van der Waals surface area contributed by atoms with Gasteiger partial charge in [-0.2, -0.15) is 0 Å². The van der Waals surface area contributed by atoms with E-state index in [9.17, 15) is 0 Å². The summed E-state index contributed by atoms with van der Waals surface area (Å²) in [6, 6.07) is 79.4. The van der Waals surface area contributed by atoms with E-state index in [0.717, 1.165) is 11.4 Å². The van der Waals surface area contributed by atoms with Crippen LogP contribution in [0.25, 0.3) is 55.6 Å². The Bertz CT molecular complexity index is 3070. The molecule has 59 heavy (non-hydrogen) atoms. The highest BCUT2D eigenvalue weighted by Gasteiger charge is 2.50. The highest BCUT2D eigenvalue weighted by atomic mass is 15.1. The van der Waals surface area contributed by atoms with Gasteiger partial charge in [0.05, 0.1) is 11.1 Å². The molecule has 3 aliphatic rings. The zero-order chi connectivity index (χ0) is 39.3. The smallest absolute Gasteiger partial charge is 0.0725 e. The van der Waals surface area contributed by atoms with Gasteiger partial charge in [-0.05, 0) is 114 Å². The Labute approximate surface area is 346 Å². The van der Waals surface area contributed by atoms with Gasteiger partial charge in [0.1, 0.15) is 0 Å². The van der Waals surface area contributed by atoms with Crippen LogP contribution < -0.4 is 4.90 Å². The monoisotopic (exact) mass is 751 g/mol. The van der Waals surface area contributed by atoms with E-state index in [2.05, 4.69) is 231 Å². The minimum absolute atomic E-state index is 0.119. The van der Waals surface area contributed by atoms with Crippen LogP contribution in [0.2, 0.25) is 0 Å². The van der Waals surface area contributed by atoms with Gasteiger partial charge in [0.25, 0.3) is 0 Å². The first-order valence-electron chi connectivity index (χ1n) is 20.8. The summed E-state index contributed by atoms with van der Waals surface area (Å²) in [5.74, 6) is 0. The number of rotatable bonds is 4. The molecule has 0 bridgehead atoms. The molecule has 0 unspecified atom stereocenters. The van der Waals surface area contributed by atoms with Gasteiger partial charge < -0.3 is 4.90 Å². The standard InChI is InChI=1S/C58H41N/c1-57(2)49-25-12-11-24-47(49)56-54(57)29-16-30-55(56)59(40-33-31-39(32-34-40)38-17-4-3-5-18-38)41-35-36-53-48(37-41)46-23-10-15-28-52(46)58(53)50-26-13-8-21-44(50)42-19-6-7-20-43(42)45-22-9-14-27-51(45)58/h3-37H,1-2H3. The van der Waals surface area contributed by atoms with Crippen molar-refractivity contribution in [3.8, 4) is 55.6 Å². The molecule has 0 N–H and O–H groups in total. The SMILES string of the molecule is CC1(C)c2ccccc2-c2c(N(c3ccc(-c4ccccc4)cc3)c3ccc4c(c3)-c3ccccc3C43c4ccccc4-c4ccccc4-c4ccccc43)cccc21. The van der Waals surface area contributed by atoms with Crippen LogP contribution in [0.5, 0.6) is 0 Å². The number of anilines is 3. The molecule has 9 aromatic carbocycles. The number of nitrogens with zero attached hydrogens (tertiary/aromatic N) is 1. The predicted octanol–water partition coefficient (Wildman–Crippen LogP) is 15.1. The zero-order valence-electron chi connectivity index (χ0n) is 33.2. The average Bonchev–Trinajstić information content (AvgIpc) is 3.68. The van der Waals surface area contributed by atoms with Crippen molar-refractivity contribution in [1.29, 1.82) is 0 Å². The first-order valence-corrected chi connectivity index (χ1v) is 20.8. The molecule has 0 heterocycles. The molecule has 1 nitrogen and oxygen atoms in total. The first kappa shape index (κ1) is 33.9. The summed E-state index contributed by atoms with van der Waals surface area (Å²) < 4.78 is 0. The molecule has 0 radical (unpaired) electrons. The highest BCUT2D eigenvalue weighted by molar-refractivity contribution is 6.00. The Morgan fingerprint density at radius 3 is 1.36 bits per heavy atom. The summed E-state index contributed by atoms with van der Waals surface area (Å²) in [5.41, 5.74) is 23.6. The molecule has 278 valence electrons. The van der Waals surface area contributed by atoms with Crippen LogP contribution in [0, 0.1) is 0 Å². The van der Waals surface area contributed by atoms with Crippen molar-refractivity contribution >= 4 is 17.1 Å². The van der Waals surface area contributed by atoms with Crippen molar-refractivity contribution in [2.45, 2.75) is 24.7 Å². The summed E-state index contributed by atoms with van der Waals surface area (Å²) in [6.45, 7) is 4.74. The minimum Gasteiger partial charge on any atom is -0.310 e. The van der Waals surface area contributed by atoms with Crippen LogP contribution in [0.3, 0.4) is 0 Å². The molecule has 0 amide bonds. The lowest BCUT2D eigenvalue weighted by molar-refractivity contribution is 0.660. The minimum atomic E-state index is -0.518. The Kier molecular flexibility index (Phi) is 7.26. The number of hydrogen-bond acceptors (Lipinski definition) is 1. The van der Waals surface area contributed by atoms with E-state index < -0.39 is 5.41 Å². The van der Waals surface area contributed by atoms with Crippen molar-refractivity contribution in [3.05, 3.63) is 246 Å². The average molecular weight is 752 g/mol. The van der Waals surface area contributed by atoms with Crippen LogP contribution in [-0.2, 0) is 10.8 Å².